The lowest BCUT2D eigenvalue weighted by atomic mass is 10.1. The molecule has 7 heteroatoms. The van der Waals surface area contributed by atoms with Gasteiger partial charge in [-0.2, -0.15) is 0 Å². The monoisotopic (exact) mass is 431 g/mol. The SMILES string of the molecule is COc1ccc(CCCCCN2CCN(c3ccccc3)CC2)cc1NS(C)(=O)=O. The Bertz CT molecular complexity index is 895. The van der Waals surface area contributed by atoms with Gasteiger partial charge in [0.2, 0.25) is 10.0 Å². The van der Waals surface area contributed by atoms with Gasteiger partial charge >= 0.3 is 0 Å². The average molecular weight is 432 g/mol. The van der Waals surface area contributed by atoms with E-state index in [2.05, 4.69) is 44.9 Å². The number of hydrogen-bond acceptors (Lipinski definition) is 5. The second-order valence-corrected chi connectivity index (χ2v) is 9.63. The molecule has 0 saturated carbocycles. The molecule has 0 amide bonds. The molecular weight excluding hydrogens is 398 g/mol. The highest BCUT2D eigenvalue weighted by atomic mass is 32.2. The smallest absolute Gasteiger partial charge is 0.229 e. The van der Waals surface area contributed by atoms with Gasteiger partial charge in [-0.05, 0) is 55.6 Å². The number of benzene rings is 2. The average Bonchev–Trinajstić information content (AvgIpc) is 2.74. The largest absolute Gasteiger partial charge is 0.495 e. The number of anilines is 2. The molecule has 1 heterocycles. The van der Waals surface area contributed by atoms with Crippen LogP contribution in [0.1, 0.15) is 24.8 Å². The minimum Gasteiger partial charge on any atom is -0.495 e. The second-order valence-electron chi connectivity index (χ2n) is 7.88. The van der Waals surface area contributed by atoms with E-state index in [1.165, 1.54) is 18.5 Å². The first-order chi connectivity index (χ1) is 14.4. The van der Waals surface area contributed by atoms with Crippen LogP contribution in [-0.4, -0.2) is 59.4 Å². The highest BCUT2D eigenvalue weighted by molar-refractivity contribution is 7.92. The number of piperazine rings is 1. The fourth-order valence-corrected chi connectivity index (χ4v) is 4.46. The van der Waals surface area contributed by atoms with Crippen molar-refractivity contribution in [3.8, 4) is 5.75 Å². The summed E-state index contributed by atoms with van der Waals surface area (Å²) in [6.07, 6.45) is 5.54. The first-order valence-electron chi connectivity index (χ1n) is 10.6. The van der Waals surface area contributed by atoms with Gasteiger partial charge < -0.3 is 9.64 Å². The summed E-state index contributed by atoms with van der Waals surface area (Å²) < 4.78 is 30.9. The van der Waals surface area contributed by atoms with E-state index in [4.69, 9.17) is 4.74 Å². The van der Waals surface area contributed by atoms with E-state index >= 15 is 0 Å². The summed E-state index contributed by atoms with van der Waals surface area (Å²) in [5.41, 5.74) is 2.95. The number of methoxy groups -OCH3 is 1. The molecule has 0 spiro atoms. The van der Waals surface area contributed by atoms with E-state index in [0.717, 1.165) is 57.4 Å². The van der Waals surface area contributed by atoms with Gasteiger partial charge in [0.15, 0.2) is 0 Å². The predicted octanol–water partition coefficient (Wildman–Crippen LogP) is 3.60. The van der Waals surface area contributed by atoms with Crippen LogP contribution in [-0.2, 0) is 16.4 Å². The maximum atomic E-state index is 11.6. The van der Waals surface area contributed by atoms with Crippen molar-refractivity contribution in [2.75, 3.05) is 55.7 Å². The number of para-hydroxylation sites is 1. The lowest BCUT2D eigenvalue weighted by Crippen LogP contribution is -2.46. The first kappa shape index (κ1) is 22.4. The Morgan fingerprint density at radius 3 is 2.37 bits per heavy atom. The number of nitrogens with zero attached hydrogens (tertiary/aromatic N) is 2. The second kappa shape index (κ2) is 10.7. The van der Waals surface area contributed by atoms with E-state index in [1.807, 2.05) is 18.2 Å². The van der Waals surface area contributed by atoms with Crippen molar-refractivity contribution in [1.29, 1.82) is 0 Å². The summed E-state index contributed by atoms with van der Waals surface area (Å²) in [5.74, 6) is 0.541. The summed E-state index contributed by atoms with van der Waals surface area (Å²) in [4.78, 5) is 5.02. The lowest BCUT2D eigenvalue weighted by Gasteiger charge is -2.36. The normalized spacial score (nSPS) is 15.2. The molecule has 2 aromatic carbocycles. The zero-order chi connectivity index (χ0) is 21.4. The third-order valence-electron chi connectivity index (χ3n) is 5.49. The van der Waals surface area contributed by atoms with Crippen LogP contribution >= 0.6 is 0 Å². The maximum absolute atomic E-state index is 11.6. The molecule has 1 saturated heterocycles. The summed E-state index contributed by atoms with van der Waals surface area (Å²) in [6.45, 7) is 5.56. The van der Waals surface area contributed by atoms with Crippen LogP contribution < -0.4 is 14.4 Å². The standard InChI is InChI=1S/C23H33N3O3S/c1-29-23-13-12-20(19-22(23)24-30(2,27)28)9-5-4-8-14-25-15-17-26(18-16-25)21-10-6-3-7-11-21/h3,6-7,10-13,19,24H,4-5,8-9,14-18H2,1-2H3. The van der Waals surface area contributed by atoms with Gasteiger partial charge in [-0.15, -0.1) is 0 Å². The van der Waals surface area contributed by atoms with Crippen molar-refractivity contribution in [2.45, 2.75) is 25.7 Å². The van der Waals surface area contributed by atoms with Crippen molar-refractivity contribution in [3.05, 3.63) is 54.1 Å². The predicted molar refractivity (Wildman–Crippen MR) is 124 cm³/mol. The molecule has 30 heavy (non-hydrogen) atoms. The van der Waals surface area contributed by atoms with Crippen LogP contribution in [0.3, 0.4) is 0 Å². The molecule has 0 bridgehead atoms. The van der Waals surface area contributed by atoms with E-state index < -0.39 is 10.0 Å². The Kier molecular flexibility index (Phi) is 7.99. The van der Waals surface area contributed by atoms with Crippen molar-refractivity contribution in [2.24, 2.45) is 0 Å². The quantitative estimate of drug-likeness (QED) is 0.583. The molecule has 0 aromatic heterocycles. The number of nitrogens with one attached hydrogen (secondary N) is 1. The maximum Gasteiger partial charge on any atom is 0.229 e. The number of aryl methyl sites for hydroxylation is 1. The molecule has 0 atom stereocenters. The van der Waals surface area contributed by atoms with E-state index in [1.54, 1.807) is 7.11 Å². The molecule has 0 unspecified atom stereocenters. The molecule has 1 aliphatic rings. The van der Waals surface area contributed by atoms with Crippen molar-refractivity contribution >= 4 is 21.4 Å². The van der Waals surface area contributed by atoms with Crippen molar-refractivity contribution in [3.63, 3.8) is 0 Å². The number of unbranched alkanes of at least 4 members (excludes halogenated alkanes) is 2. The van der Waals surface area contributed by atoms with Crippen molar-refractivity contribution < 1.29 is 13.2 Å². The van der Waals surface area contributed by atoms with Gasteiger partial charge in [-0.25, -0.2) is 8.42 Å². The molecule has 1 fully saturated rings. The molecular formula is C23H33N3O3S. The fourth-order valence-electron chi connectivity index (χ4n) is 3.90. The molecule has 1 aliphatic heterocycles. The van der Waals surface area contributed by atoms with Crippen LogP contribution in [0, 0.1) is 0 Å². The van der Waals surface area contributed by atoms with Crippen LogP contribution in [0.15, 0.2) is 48.5 Å². The molecule has 3 rings (SSSR count). The van der Waals surface area contributed by atoms with Crippen LogP contribution in [0.4, 0.5) is 11.4 Å². The minimum absolute atomic E-state index is 0.508. The van der Waals surface area contributed by atoms with Gasteiger partial charge in [0.1, 0.15) is 5.75 Å². The van der Waals surface area contributed by atoms with Gasteiger partial charge in [0, 0.05) is 31.9 Å². The van der Waals surface area contributed by atoms with E-state index in [9.17, 15) is 8.42 Å². The Hall–Kier alpha value is -2.25. The fraction of sp³-hybridized carbons (Fsp3) is 0.478. The molecule has 2 aromatic rings. The summed E-state index contributed by atoms with van der Waals surface area (Å²) in [6, 6.07) is 16.4. The number of rotatable bonds is 10. The van der Waals surface area contributed by atoms with Gasteiger partial charge in [0.05, 0.1) is 19.1 Å². The minimum atomic E-state index is -3.33. The van der Waals surface area contributed by atoms with Gasteiger partial charge in [-0.3, -0.25) is 9.62 Å². The zero-order valence-corrected chi connectivity index (χ0v) is 18.8. The molecule has 164 valence electrons. The molecule has 6 nitrogen and oxygen atoms in total. The topological polar surface area (TPSA) is 61.9 Å². The zero-order valence-electron chi connectivity index (χ0n) is 18.0. The highest BCUT2D eigenvalue weighted by Gasteiger charge is 2.16. The Balaban J connectivity index is 1.37. The lowest BCUT2D eigenvalue weighted by molar-refractivity contribution is 0.252. The highest BCUT2D eigenvalue weighted by Crippen LogP contribution is 2.27. The summed E-state index contributed by atoms with van der Waals surface area (Å²) in [5, 5.41) is 0. The summed E-state index contributed by atoms with van der Waals surface area (Å²) in [7, 11) is -1.79. The Morgan fingerprint density at radius 2 is 1.70 bits per heavy atom. The summed E-state index contributed by atoms with van der Waals surface area (Å²) >= 11 is 0. The number of ether oxygens (including phenoxy) is 1. The number of sulfonamides is 1. The van der Waals surface area contributed by atoms with Crippen LogP contribution in [0.25, 0.3) is 0 Å². The first-order valence-corrected chi connectivity index (χ1v) is 12.5. The number of hydrogen-bond donors (Lipinski definition) is 1. The van der Waals surface area contributed by atoms with E-state index in [-0.39, 0.29) is 0 Å². The molecule has 1 N–H and O–H groups in total. The third kappa shape index (κ3) is 6.92. The van der Waals surface area contributed by atoms with Crippen LogP contribution in [0.2, 0.25) is 0 Å². The Labute approximate surface area is 180 Å². The molecule has 0 radical (unpaired) electrons. The van der Waals surface area contributed by atoms with Gasteiger partial charge in [-0.1, -0.05) is 30.7 Å². The molecule has 0 aliphatic carbocycles. The van der Waals surface area contributed by atoms with Crippen molar-refractivity contribution in [1.82, 2.24) is 4.90 Å². The van der Waals surface area contributed by atoms with E-state index in [0.29, 0.717) is 11.4 Å². The third-order valence-corrected chi connectivity index (χ3v) is 6.08. The van der Waals surface area contributed by atoms with Gasteiger partial charge in [0.25, 0.3) is 0 Å². The van der Waals surface area contributed by atoms with Crippen LogP contribution in [0.5, 0.6) is 5.75 Å². The Morgan fingerprint density at radius 1 is 0.967 bits per heavy atom.